The molecule has 0 spiro atoms. The molecule has 13 heteroatoms. The maximum atomic E-state index is 12.0. The van der Waals surface area contributed by atoms with E-state index in [1.54, 1.807) is 12.1 Å². The smallest absolute Gasteiger partial charge is 0.277 e. The number of benzene rings is 2. The maximum absolute atomic E-state index is 12.0. The molecule has 0 unspecified atom stereocenters. The first-order chi connectivity index (χ1) is 13.2. The van der Waals surface area contributed by atoms with Crippen LogP contribution < -0.4 is 15.6 Å². The zero-order chi connectivity index (χ0) is 20.8. The Morgan fingerprint density at radius 3 is 2.18 bits per heavy atom. The van der Waals surface area contributed by atoms with Gasteiger partial charge in [0.2, 0.25) is 0 Å². The van der Waals surface area contributed by atoms with Crippen molar-refractivity contribution in [3.05, 3.63) is 71.7 Å². The fourth-order valence-electron chi connectivity index (χ4n) is 1.91. The van der Waals surface area contributed by atoms with Crippen LogP contribution in [0.4, 0.5) is 11.4 Å². The number of nitrogens with one attached hydrogen (secondary N) is 2. The Balaban J connectivity index is 1.98. The van der Waals surface area contributed by atoms with Crippen molar-refractivity contribution in [3.63, 3.8) is 0 Å². The van der Waals surface area contributed by atoms with Gasteiger partial charge in [-0.3, -0.25) is 40.7 Å². The van der Waals surface area contributed by atoms with Crippen molar-refractivity contribution in [2.24, 2.45) is 0 Å². The molecule has 0 radical (unpaired) electrons. The predicted molar refractivity (Wildman–Crippen MR) is 100 cm³/mol. The minimum absolute atomic E-state index is 0.237. The first kappa shape index (κ1) is 21.1. The van der Waals surface area contributed by atoms with Crippen LogP contribution in [0.15, 0.2) is 40.9 Å². The number of amides is 2. The second kappa shape index (κ2) is 9.10. The van der Waals surface area contributed by atoms with Gasteiger partial charge in [0.1, 0.15) is 5.75 Å². The molecule has 0 saturated carbocycles. The van der Waals surface area contributed by atoms with E-state index >= 15 is 0 Å². The molecule has 2 amide bonds. The predicted octanol–water partition coefficient (Wildman–Crippen LogP) is 2.76. The lowest BCUT2D eigenvalue weighted by atomic mass is 10.1. The maximum Gasteiger partial charge on any atom is 0.277 e. The average molecular weight is 474 g/mol. The molecule has 2 aromatic carbocycles. The normalized spacial score (nSPS) is 10.1. The van der Waals surface area contributed by atoms with Crippen LogP contribution in [0.5, 0.6) is 5.75 Å². The summed E-state index contributed by atoms with van der Waals surface area (Å²) < 4.78 is 5.91. The SMILES string of the molecule is O=C(COc1ccc(Br)cc1Cl)NNC(=O)c1cc([N+](=O)[O-])cc([N+](=O)[O-])c1. The third-order valence-electron chi connectivity index (χ3n) is 3.15. The molecule has 0 atom stereocenters. The number of nitro groups is 2. The number of hydrazine groups is 1. The summed E-state index contributed by atoms with van der Waals surface area (Å²) in [6.45, 7) is -0.489. The van der Waals surface area contributed by atoms with Crippen molar-refractivity contribution in [2.45, 2.75) is 0 Å². The van der Waals surface area contributed by atoms with Crippen molar-refractivity contribution in [1.82, 2.24) is 10.9 Å². The third kappa shape index (κ3) is 5.62. The zero-order valence-corrected chi connectivity index (χ0v) is 16.0. The Morgan fingerprint density at radius 2 is 1.64 bits per heavy atom. The molecule has 0 aromatic heterocycles. The first-order valence-electron chi connectivity index (χ1n) is 7.28. The number of hydrogen-bond donors (Lipinski definition) is 2. The molecule has 28 heavy (non-hydrogen) atoms. The largest absolute Gasteiger partial charge is 0.482 e. The van der Waals surface area contributed by atoms with E-state index in [4.69, 9.17) is 16.3 Å². The van der Waals surface area contributed by atoms with Crippen LogP contribution >= 0.6 is 27.5 Å². The van der Waals surface area contributed by atoms with E-state index < -0.39 is 39.6 Å². The highest BCUT2D eigenvalue weighted by atomic mass is 79.9. The van der Waals surface area contributed by atoms with E-state index in [2.05, 4.69) is 15.9 Å². The number of carbonyl (C=O) groups is 2. The average Bonchev–Trinajstić information content (AvgIpc) is 2.64. The Morgan fingerprint density at radius 1 is 1.04 bits per heavy atom. The monoisotopic (exact) mass is 472 g/mol. The van der Waals surface area contributed by atoms with Crippen molar-refractivity contribution < 1.29 is 24.2 Å². The number of rotatable bonds is 6. The van der Waals surface area contributed by atoms with Gasteiger partial charge >= 0.3 is 0 Å². The molecule has 2 N–H and O–H groups in total. The van der Waals surface area contributed by atoms with Crippen LogP contribution in [0.1, 0.15) is 10.4 Å². The lowest BCUT2D eigenvalue weighted by molar-refractivity contribution is -0.394. The quantitative estimate of drug-likeness (QED) is 0.483. The summed E-state index contributed by atoms with van der Waals surface area (Å²) in [5.74, 6) is -1.50. The third-order valence-corrected chi connectivity index (χ3v) is 3.94. The molecule has 0 fully saturated rings. The van der Waals surface area contributed by atoms with Crippen LogP contribution in [-0.4, -0.2) is 28.3 Å². The fraction of sp³-hybridized carbons (Fsp3) is 0.0667. The number of halogens is 2. The van der Waals surface area contributed by atoms with Gasteiger partial charge in [-0.1, -0.05) is 27.5 Å². The summed E-state index contributed by atoms with van der Waals surface area (Å²) in [4.78, 5) is 43.7. The summed E-state index contributed by atoms with van der Waals surface area (Å²) in [6, 6.07) is 7.13. The molecule has 0 aliphatic heterocycles. The Bertz CT molecular complexity index is 937. The van der Waals surface area contributed by atoms with Crippen LogP contribution in [0.25, 0.3) is 0 Å². The number of nitro benzene ring substituents is 2. The van der Waals surface area contributed by atoms with Crippen molar-refractivity contribution in [3.8, 4) is 5.75 Å². The van der Waals surface area contributed by atoms with E-state index in [1.165, 1.54) is 6.07 Å². The minimum atomic E-state index is -0.984. The molecule has 0 saturated heterocycles. The second-order valence-corrected chi connectivity index (χ2v) is 6.44. The molecule has 0 aliphatic rings. The van der Waals surface area contributed by atoms with Gasteiger partial charge < -0.3 is 4.74 Å². The van der Waals surface area contributed by atoms with E-state index in [9.17, 15) is 29.8 Å². The van der Waals surface area contributed by atoms with Gasteiger partial charge in [-0.15, -0.1) is 0 Å². The van der Waals surface area contributed by atoms with Crippen molar-refractivity contribution in [1.29, 1.82) is 0 Å². The molecule has 0 heterocycles. The van der Waals surface area contributed by atoms with E-state index in [-0.39, 0.29) is 16.3 Å². The van der Waals surface area contributed by atoms with Gasteiger partial charge in [0, 0.05) is 16.6 Å². The minimum Gasteiger partial charge on any atom is -0.482 e. The molecule has 0 bridgehead atoms. The van der Waals surface area contributed by atoms with E-state index in [0.29, 0.717) is 10.5 Å². The van der Waals surface area contributed by atoms with Gasteiger partial charge in [0.15, 0.2) is 6.61 Å². The molecular weight excluding hydrogens is 464 g/mol. The second-order valence-electron chi connectivity index (χ2n) is 5.12. The molecule has 146 valence electrons. The Hall–Kier alpha value is -3.25. The highest BCUT2D eigenvalue weighted by Gasteiger charge is 2.20. The number of ether oxygens (including phenoxy) is 1. The highest BCUT2D eigenvalue weighted by Crippen LogP contribution is 2.27. The first-order valence-corrected chi connectivity index (χ1v) is 8.45. The summed E-state index contributed by atoms with van der Waals surface area (Å²) in [5, 5.41) is 21.9. The van der Waals surface area contributed by atoms with Gasteiger partial charge in [-0.2, -0.15) is 0 Å². The summed E-state index contributed by atoms with van der Waals surface area (Å²) in [6.07, 6.45) is 0. The van der Waals surface area contributed by atoms with E-state index in [0.717, 1.165) is 12.1 Å². The Labute approximate surface area is 170 Å². The van der Waals surface area contributed by atoms with Crippen LogP contribution in [-0.2, 0) is 4.79 Å². The summed E-state index contributed by atoms with van der Waals surface area (Å²) in [5.41, 5.74) is 2.35. The lowest BCUT2D eigenvalue weighted by Crippen LogP contribution is -2.43. The van der Waals surface area contributed by atoms with Gasteiger partial charge in [0.05, 0.1) is 26.5 Å². The fourth-order valence-corrected chi connectivity index (χ4v) is 2.64. The van der Waals surface area contributed by atoms with E-state index in [1.807, 2.05) is 10.9 Å². The molecule has 11 nitrogen and oxygen atoms in total. The molecule has 0 aliphatic carbocycles. The number of non-ortho nitro benzene ring substituents is 2. The standard InChI is InChI=1S/C15H10BrClN4O7/c16-9-1-2-13(12(17)5-9)28-7-14(22)18-19-15(23)8-3-10(20(24)25)6-11(4-8)21(26)27/h1-6H,7H2,(H,18,22)(H,19,23). The summed E-state index contributed by atoms with van der Waals surface area (Å²) in [7, 11) is 0. The topological polar surface area (TPSA) is 154 Å². The van der Waals surface area contributed by atoms with Crippen molar-refractivity contribution in [2.75, 3.05) is 6.61 Å². The van der Waals surface area contributed by atoms with Crippen LogP contribution in [0.3, 0.4) is 0 Å². The van der Waals surface area contributed by atoms with Crippen molar-refractivity contribution >= 4 is 50.7 Å². The molecular formula is C15H10BrClN4O7. The number of hydrogen-bond acceptors (Lipinski definition) is 7. The van der Waals surface area contributed by atoms with Gasteiger partial charge in [-0.25, -0.2) is 0 Å². The Kier molecular flexibility index (Phi) is 6.84. The van der Waals surface area contributed by atoms with Gasteiger partial charge in [-0.05, 0) is 18.2 Å². The summed E-state index contributed by atoms with van der Waals surface area (Å²) >= 11 is 9.15. The van der Waals surface area contributed by atoms with Gasteiger partial charge in [0.25, 0.3) is 23.2 Å². The number of nitrogens with zero attached hydrogens (tertiary/aromatic N) is 2. The van der Waals surface area contributed by atoms with Crippen LogP contribution in [0.2, 0.25) is 5.02 Å². The van der Waals surface area contributed by atoms with Crippen LogP contribution in [0, 0.1) is 20.2 Å². The lowest BCUT2D eigenvalue weighted by Gasteiger charge is -2.10. The zero-order valence-electron chi connectivity index (χ0n) is 13.7. The molecule has 2 rings (SSSR count). The highest BCUT2D eigenvalue weighted by molar-refractivity contribution is 9.10. The molecule has 2 aromatic rings. The number of carbonyl (C=O) groups excluding carboxylic acids is 2.